The lowest BCUT2D eigenvalue weighted by molar-refractivity contribution is -0.131. The molecule has 0 aliphatic carbocycles. The average Bonchev–Trinajstić information content (AvgIpc) is 2.47. The van der Waals surface area contributed by atoms with E-state index < -0.39 is 0 Å². The number of nitrogens with zero attached hydrogens (tertiary/aromatic N) is 2. The second-order valence-corrected chi connectivity index (χ2v) is 6.09. The lowest BCUT2D eigenvalue weighted by atomic mass is 10.1. The zero-order valence-corrected chi connectivity index (χ0v) is 13.2. The predicted molar refractivity (Wildman–Crippen MR) is 86.3 cm³/mol. The molecule has 1 aromatic carbocycles. The molecule has 2 rings (SSSR count). The number of fused-ring (bicyclic) bond motifs is 1. The second kappa shape index (κ2) is 6.39. The minimum absolute atomic E-state index is 0.142. The van der Waals surface area contributed by atoms with E-state index in [-0.39, 0.29) is 11.9 Å². The van der Waals surface area contributed by atoms with Gasteiger partial charge in [-0.2, -0.15) is 0 Å². The van der Waals surface area contributed by atoms with Crippen LogP contribution in [0.1, 0.15) is 20.8 Å². The molecule has 1 aliphatic heterocycles. The number of rotatable bonds is 4. The first-order valence-corrected chi connectivity index (χ1v) is 8.14. The van der Waals surface area contributed by atoms with Gasteiger partial charge in [0, 0.05) is 36.0 Å². The Balaban J connectivity index is 2.26. The number of nitrogen functional groups attached to an aromatic ring is 1. The average molecular weight is 293 g/mol. The van der Waals surface area contributed by atoms with Crippen molar-refractivity contribution in [1.82, 2.24) is 4.90 Å². The Morgan fingerprint density at radius 2 is 2.15 bits per heavy atom. The van der Waals surface area contributed by atoms with Crippen LogP contribution < -0.4 is 10.6 Å². The van der Waals surface area contributed by atoms with Gasteiger partial charge in [-0.05, 0) is 39.0 Å². The van der Waals surface area contributed by atoms with Gasteiger partial charge in [-0.3, -0.25) is 4.79 Å². The zero-order valence-electron chi connectivity index (χ0n) is 12.4. The summed E-state index contributed by atoms with van der Waals surface area (Å²) in [5.41, 5.74) is 7.74. The van der Waals surface area contributed by atoms with Gasteiger partial charge in [0.05, 0.1) is 5.69 Å². The van der Waals surface area contributed by atoms with Crippen molar-refractivity contribution in [3.63, 3.8) is 0 Å². The van der Waals surface area contributed by atoms with Crippen LogP contribution in [-0.2, 0) is 4.79 Å². The number of thioether (sulfide) groups is 1. The molecule has 0 bridgehead atoms. The van der Waals surface area contributed by atoms with E-state index in [4.69, 9.17) is 5.73 Å². The highest BCUT2D eigenvalue weighted by Gasteiger charge is 2.28. The van der Waals surface area contributed by atoms with Crippen LogP contribution in [0.15, 0.2) is 23.1 Å². The molecule has 0 radical (unpaired) electrons. The van der Waals surface area contributed by atoms with E-state index in [9.17, 15) is 4.79 Å². The van der Waals surface area contributed by atoms with Crippen molar-refractivity contribution in [3.8, 4) is 0 Å². The first-order chi connectivity index (χ1) is 9.58. The number of amides is 1. The summed E-state index contributed by atoms with van der Waals surface area (Å²) in [6, 6.07) is 5.81. The van der Waals surface area contributed by atoms with Crippen molar-refractivity contribution in [3.05, 3.63) is 18.2 Å². The summed E-state index contributed by atoms with van der Waals surface area (Å²) in [5.74, 6) is 1.20. The number of hydrogen-bond acceptors (Lipinski definition) is 4. The zero-order chi connectivity index (χ0) is 14.7. The molecule has 0 aromatic heterocycles. The molecule has 20 heavy (non-hydrogen) atoms. The van der Waals surface area contributed by atoms with Gasteiger partial charge in [0.25, 0.3) is 0 Å². The molecule has 1 heterocycles. The minimum Gasteiger partial charge on any atom is -0.399 e. The smallest absolute Gasteiger partial charge is 0.244 e. The Morgan fingerprint density at radius 1 is 1.45 bits per heavy atom. The third-order valence-electron chi connectivity index (χ3n) is 3.78. The van der Waals surface area contributed by atoms with Crippen LogP contribution in [0.25, 0.3) is 0 Å². The molecule has 4 nitrogen and oxygen atoms in total. The largest absolute Gasteiger partial charge is 0.399 e. The van der Waals surface area contributed by atoms with E-state index in [0.29, 0.717) is 0 Å². The Kier molecular flexibility index (Phi) is 4.81. The highest BCUT2D eigenvalue weighted by atomic mass is 32.2. The second-order valence-electron chi connectivity index (χ2n) is 4.96. The molecule has 0 saturated heterocycles. The fourth-order valence-corrected chi connectivity index (χ4v) is 3.59. The Bertz CT molecular complexity index is 488. The molecule has 1 aliphatic rings. The molecular weight excluding hydrogens is 270 g/mol. The Morgan fingerprint density at radius 3 is 2.80 bits per heavy atom. The summed E-state index contributed by atoms with van der Waals surface area (Å²) in [5, 5.41) is 0. The van der Waals surface area contributed by atoms with Crippen molar-refractivity contribution in [2.24, 2.45) is 0 Å². The van der Waals surface area contributed by atoms with Crippen LogP contribution in [-0.4, -0.2) is 42.2 Å². The molecular formula is C15H23N3OS. The topological polar surface area (TPSA) is 49.6 Å². The quantitative estimate of drug-likeness (QED) is 0.866. The van der Waals surface area contributed by atoms with Crippen molar-refractivity contribution in [2.75, 3.05) is 36.0 Å². The van der Waals surface area contributed by atoms with E-state index in [1.54, 1.807) is 0 Å². The maximum atomic E-state index is 12.5. The molecule has 1 unspecified atom stereocenters. The number of anilines is 2. The van der Waals surface area contributed by atoms with Gasteiger partial charge in [-0.25, -0.2) is 0 Å². The lowest BCUT2D eigenvalue weighted by Crippen LogP contribution is -2.49. The van der Waals surface area contributed by atoms with Crippen LogP contribution >= 0.6 is 11.8 Å². The summed E-state index contributed by atoms with van der Waals surface area (Å²) in [7, 11) is 0. The van der Waals surface area contributed by atoms with Crippen LogP contribution in [0.5, 0.6) is 0 Å². The predicted octanol–water partition coefficient (Wildman–Crippen LogP) is 2.44. The van der Waals surface area contributed by atoms with Gasteiger partial charge in [-0.15, -0.1) is 11.8 Å². The third-order valence-corrected chi connectivity index (χ3v) is 4.83. The van der Waals surface area contributed by atoms with E-state index in [2.05, 4.69) is 11.0 Å². The summed E-state index contributed by atoms with van der Waals surface area (Å²) < 4.78 is 0. The maximum Gasteiger partial charge on any atom is 0.244 e. The first kappa shape index (κ1) is 15.0. The van der Waals surface area contributed by atoms with Crippen LogP contribution in [0, 0.1) is 0 Å². The van der Waals surface area contributed by atoms with E-state index in [1.807, 2.05) is 49.6 Å². The van der Waals surface area contributed by atoms with Gasteiger partial charge in [0.2, 0.25) is 5.91 Å². The van der Waals surface area contributed by atoms with Crippen molar-refractivity contribution in [2.45, 2.75) is 31.7 Å². The number of nitrogens with two attached hydrogens (primary N) is 1. The molecule has 1 amide bonds. The number of likely N-dealkylation sites (N-methyl/N-ethyl adjacent to an activating group) is 1. The van der Waals surface area contributed by atoms with Gasteiger partial charge < -0.3 is 15.5 Å². The molecule has 0 spiro atoms. The molecule has 0 saturated carbocycles. The Hall–Kier alpha value is -1.36. The third kappa shape index (κ3) is 2.87. The summed E-state index contributed by atoms with van der Waals surface area (Å²) in [6.45, 7) is 8.43. The molecule has 0 fully saturated rings. The van der Waals surface area contributed by atoms with E-state index in [0.717, 1.165) is 36.8 Å². The molecule has 1 atom stereocenters. The van der Waals surface area contributed by atoms with Crippen molar-refractivity contribution >= 4 is 29.0 Å². The number of hydrogen-bond donors (Lipinski definition) is 1. The summed E-state index contributed by atoms with van der Waals surface area (Å²) in [6.07, 6.45) is 0. The van der Waals surface area contributed by atoms with Crippen LogP contribution in [0.3, 0.4) is 0 Å². The normalized spacial score (nSPS) is 15.7. The lowest BCUT2D eigenvalue weighted by Gasteiger charge is -2.37. The SMILES string of the molecule is CCN(CC)C(=O)C(C)N1CCSc2ccc(N)cc21. The maximum absolute atomic E-state index is 12.5. The molecule has 1 aromatic rings. The summed E-state index contributed by atoms with van der Waals surface area (Å²) in [4.78, 5) is 17.8. The fourth-order valence-electron chi connectivity index (χ4n) is 2.59. The van der Waals surface area contributed by atoms with Gasteiger partial charge in [0.1, 0.15) is 6.04 Å². The van der Waals surface area contributed by atoms with Crippen molar-refractivity contribution in [1.29, 1.82) is 0 Å². The van der Waals surface area contributed by atoms with Crippen molar-refractivity contribution < 1.29 is 4.79 Å². The fraction of sp³-hybridized carbons (Fsp3) is 0.533. The standard InChI is InChI=1S/C15H23N3OS/c1-4-17(5-2)15(19)11(3)18-8-9-20-14-7-6-12(16)10-13(14)18/h6-7,10-11H,4-5,8-9,16H2,1-3H3. The van der Waals surface area contributed by atoms with E-state index in [1.165, 1.54) is 4.90 Å². The monoisotopic (exact) mass is 293 g/mol. The van der Waals surface area contributed by atoms with E-state index >= 15 is 0 Å². The molecule has 2 N–H and O–H groups in total. The van der Waals surface area contributed by atoms with Gasteiger partial charge in [-0.1, -0.05) is 0 Å². The number of carbonyl (C=O) groups excluding carboxylic acids is 1. The Labute approximate surface area is 125 Å². The molecule has 110 valence electrons. The molecule has 5 heteroatoms. The highest BCUT2D eigenvalue weighted by molar-refractivity contribution is 7.99. The van der Waals surface area contributed by atoms with Gasteiger partial charge >= 0.3 is 0 Å². The summed E-state index contributed by atoms with van der Waals surface area (Å²) >= 11 is 1.83. The number of carbonyl (C=O) groups is 1. The van der Waals surface area contributed by atoms with Crippen LogP contribution in [0.2, 0.25) is 0 Å². The van der Waals surface area contributed by atoms with Crippen LogP contribution in [0.4, 0.5) is 11.4 Å². The highest BCUT2D eigenvalue weighted by Crippen LogP contribution is 2.37. The number of benzene rings is 1. The minimum atomic E-state index is -0.142. The van der Waals surface area contributed by atoms with Gasteiger partial charge in [0.15, 0.2) is 0 Å². The first-order valence-electron chi connectivity index (χ1n) is 7.16.